The summed E-state index contributed by atoms with van der Waals surface area (Å²) in [4.78, 5) is 11.3. The number of carbonyl (C=O) groups is 1. The van der Waals surface area contributed by atoms with E-state index >= 15 is 0 Å². The van der Waals surface area contributed by atoms with Crippen molar-refractivity contribution in [3.8, 4) is 0 Å². The van der Waals surface area contributed by atoms with Gasteiger partial charge in [-0.05, 0) is 30.7 Å². The second-order valence-electron chi connectivity index (χ2n) is 3.67. The van der Waals surface area contributed by atoms with Gasteiger partial charge >= 0.3 is 0 Å². The first-order valence-corrected chi connectivity index (χ1v) is 5.04. The normalized spacial score (nSPS) is 10.3. The lowest BCUT2D eigenvalue weighted by Gasteiger charge is -2.00. The SMILES string of the molecule is C=C(C)CNC(=O)/C=C/c1ccc(N)cc1. The van der Waals surface area contributed by atoms with E-state index in [1.165, 1.54) is 6.08 Å². The molecule has 0 saturated heterocycles. The van der Waals surface area contributed by atoms with Gasteiger partial charge in [-0.2, -0.15) is 0 Å². The average Bonchev–Trinajstić information content (AvgIpc) is 2.25. The van der Waals surface area contributed by atoms with Crippen LogP contribution in [0.1, 0.15) is 12.5 Å². The molecule has 0 unspecified atom stereocenters. The maximum atomic E-state index is 11.3. The molecule has 0 fully saturated rings. The Labute approximate surface area is 95.7 Å². The maximum Gasteiger partial charge on any atom is 0.244 e. The fourth-order valence-corrected chi connectivity index (χ4v) is 1.08. The van der Waals surface area contributed by atoms with E-state index in [-0.39, 0.29) is 5.91 Å². The van der Waals surface area contributed by atoms with Gasteiger partial charge in [0.1, 0.15) is 0 Å². The van der Waals surface area contributed by atoms with Crippen molar-refractivity contribution in [3.05, 3.63) is 48.1 Å². The minimum absolute atomic E-state index is 0.125. The zero-order valence-electron chi connectivity index (χ0n) is 9.36. The Bertz CT molecular complexity index is 404. The van der Waals surface area contributed by atoms with E-state index in [0.717, 1.165) is 11.1 Å². The van der Waals surface area contributed by atoms with Crippen LogP contribution in [0.2, 0.25) is 0 Å². The summed E-state index contributed by atoms with van der Waals surface area (Å²) >= 11 is 0. The van der Waals surface area contributed by atoms with E-state index < -0.39 is 0 Å². The van der Waals surface area contributed by atoms with Crippen molar-refractivity contribution in [2.45, 2.75) is 6.92 Å². The van der Waals surface area contributed by atoms with E-state index in [4.69, 9.17) is 5.73 Å². The van der Waals surface area contributed by atoms with Gasteiger partial charge in [0.25, 0.3) is 0 Å². The molecule has 1 aromatic carbocycles. The van der Waals surface area contributed by atoms with E-state index in [0.29, 0.717) is 12.2 Å². The fourth-order valence-electron chi connectivity index (χ4n) is 1.08. The van der Waals surface area contributed by atoms with E-state index in [1.54, 1.807) is 18.2 Å². The Morgan fingerprint density at radius 1 is 1.44 bits per heavy atom. The van der Waals surface area contributed by atoms with E-state index in [2.05, 4.69) is 11.9 Å². The van der Waals surface area contributed by atoms with Gasteiger partial charge in [0.2, 0.25) is 5.91 Å². The summed E-state index contributed by atoms with van der Waals surface area (Å²) < 4.78 is 0. The molecule has 84 valence electrons. The summed E-state index contributed by atoms with van der Waals surface area (Å²) in [6, 6.07) is 7.31. The van der Waals surface area contributed by atoms with Gasteiger partial charge in [-0.1, -0.05) is 24.3 Å². The first-order chi connectivity index (χ1) is 7.58. The molecule has 3 heteroatoms. The van der Waals surface area contributed by atoms with Crippen molar-refractivity contribution in [1.82, 2.24) is 5.32 Å². The lowest BCUT2D eigenvalue weighted by atomic mass is 10.2. The van der Waals surface area contributed by atoms with Crippen LogP contribution in [0.25, 0.3) is 6.08 Å². The van der Waals surface area contributed by atoms with Crippen molar-refractivity contribution in [2.24, 2.45) is 0 Å². The highest BCUT2D eigenvalue weighted by molar-refractivity contribution is 5.91. The number of nitrogen functional groups attached to an aromatic ring is 1. The molecule has 0 aliphatic heterocycles. The summed E-state index contributed by atoms with van der Waals surface area (Å²) in [6.07, 6.45) is 3.24. The second kappa shape index (κ2) is 5.75. The first-order valence-electron chi connectivity index (χ1n) is 5.04. The van der Waals surface area contributed by atoms with Crippen LogP contribution < -0.4 is 11.1 Å². The minimum atomic E-state index is -0.125. The van der Waals surface area contributed by atoms with Crippen LogP contribution in [0.3, 0.4) is 0 Å². The van der Waals surface area contributed by atoms with Gasteiger partial charge < -0.3 is 11.1 Å². The van der Waals surface area contributed by atoms with Gasteiger partial charge in [0.05, 0.1) is 0 Å². The summed E-state index contributed by atoms with van der Waals surface area (Å²) in [7, 11) is 0. The predicted molar refractivity (Wildman–Crippen MR) is 67.7 cm³/mol. The quantitative estimate of drug-likeness (QED) is 0.459. The zero-order chi connectivity index (χ0) is 12.0. The molecule has 16 heavy (non-hydrogen) atoms. The molecule has 3 N–H and O–H groups in total. The summed E-state index contributed by atoms with van der Waals surface area (Å²) in [6.45, 7) is 6.07. The highest BCUT2D eigenvalue weighted by atomic mass is 16.1. The smallest absolute Gasteiger partial charge is 0.244 e. The van der Waals surface area contributed by atoms with Gasteiger partial charge in [-0.3, -0.25) is 4.79 Å². The summed E-state index contributed by atoms with van der Waals surface area (Å²) in [5, 5.41) is 2.71. The molecule has 0 heterocycles. The van der Waals surface area contributed by atoms with Crippen LogP contribution in [-0.2, 0) is 4.79 Å². The van der Waals surface area contributed by atoms with Gasteiger partial charge in [0.15, 0.2) is 0 Å². The molecule has 1 rings (SSSR count). The van der Waals surface area contributed by atoms with Crippen molar-refractivity contribution in [3.63, 3.8) is 0 Å². The molecule has 0 aromatic heterocycles. The van der Waals surface area contributed by atoms with Crippen molar-refractivity contribution in [2.75, 3.05) is 12.3 Å². The Hall–Kier alpha value is -2.03. The van der Waals surface area contributed by atoms with Gasteiger partial charge in [-0.25, -0.2) is 0 Å². The van der Waals surface area contributed by atoms with Gasteiger partial charge in [0, 0.05) is 18.3 Å². The van der Waals surface area contributed by atoms with Crippen molar-refractivity contribution >= 4 is 17.7 Å². The molecule has 3 nitrogen and oxygen atoms in total. The lowest BCUT2D eigenvalue weighted by Crippen LogP contribution is -2.22. The number of benzene rings is 1. The molecule has 1 amide bonds. The van der Waals surface area contributed by atoms with Crippen LogP contribution in [0.4, 0.5) is 5.69 Å². The number of rotatable bonds is 4. The maximum absolute atomic E-state index is 11.3. The third-order valence-electron chi connectivity index (χ3n) is 1.93. The number of nitrogens with one attached hydrogen (secondary N) is 1. The highest BCUT2D eigenvalue weighted by Crippen LogP contribution is 2.06. The third-order valence-corrected chi connectivity index (χ3v) is 1.93. The Kier molecular flexibility index (Phi) is 4.33. The summed E-state index contributed by atoms with van der Waals surface area (Å²) in [5.41, 5.74) is 8.13. The Balaban J connectivity index is 2.50. The molecule has 0 spiro atoms. The second-order valence-corrected chi connectivity index (χ2v) is 3.67. The molecular weight excluding hydrogens is 200 g/mol. The number of anilines is 1. The number of hydrogen-bond acceptors (Lipinski definition) is 2. The monoisotopic (exact) mass is 216 g/mol. The number of hydrogen-bond donors (Lipinski definition) is 2. The predicted octanol–water partition coefficient (Wildman–Crippen LogP) is 1.97. The number of carbonyl (C=O) groups excluding carboxylic acids is 1. The molecule has 0 aliphatic rings. The van der Waals surface area contributed by atoms with E-state index in [9.17, 15) is 4.79 Å². The van der Waals surface area contributed by atoms with Crippen molar-refractivity contribution < 1.29 is 4.79 Å². The molecular formula is C13H16N2O. The average molecular weight is 216 g/mol. The third kappa shape index (κ3) is 4.46. The standard InChI is InChI=1S/C13H16N2O/c1-10(2)9-15-13(16)8-5-11-3-6-12(14)7-4-11/h3-8H,1,9,14H2,2H3,(H,15,16)/b8-5+. The number of amides is 1. The zero-order valence-corrected chi connectivity index (χ0v) is 9.36. The molecule has 0 radical (unpaired) electrons. The molecule has 1 aromatic rings. The largest absolute Gasteiger partial charge is 0.399 e. The van der Waals surface area contributed by atoms with Gasteiger partial charge in [-0.15, -0.1) is 0 Å². The molecule has 0 bridgehead atoms. The van der Waals surface area contributed by atoms with Crippen molar-refractivity contribution in [1.29, 1.82) is 0 Å². The topological polar surface area (TPSA) is 55.1 Å². The first kappa shape index (κ1) is 12.0. The molecule has 0 saturated carbocycles. The van der Waals surface area contributed by atoms with Crippen LogP contribution in [-0.4, -0.2) is 12.5 Å². The van der Waals surface area contributed by atoms with Crippen LogP contribution in [0.15, 0.2) is 42.5 Å². The van der Waals surface area contributed by atoms with Crippen LogP contribution >= 0.6 is 0 Å². The number of nitrogens with two attached hydrogens (primary N) is 1. The molecule has 0 aliphatic carbocycles. The summed E-state index contributed by atoms with van der Waals surface area (Å²) in [5.74, 6) is -0.125. The van der Waals surface area contributed by atoms with Crippen LogP contribution in [0.5, 0.6) is 0 Å². The molecule has 0 atom stereocenters. The lowest BCUT2D eigenvalue weighted by molar-refractivity contribution is -0.116. The van der Waals surface area contributed by atoms with E-state index in [1.807, 2.05) is 19.1 Å². The minimum Gasteiger partial charge on any atom is -0.399 e. The highest BCUT2D eigenvalue weighted by Gasteiger charge is 1.94. The Morgan fingerprint density at radius 3 is 2.62 bits per heavy atom. The Morgan fingerprint density at radius 2 is 2.06 bits per heavy atom. The van der Waals surface area contributed by atoms with Crippen LogP contribution in [0, 0.1) is 0 Å². The fraction of sp³-hybridized carbons (Fsp3) is 0.154.